The van der Waals surface area contributed by atoms with Gasteiger partial charge in [-0.2, -0.15) is 0 Å². The molecule has 1 heterocycles. The van der Waals surface area contributed by atoms with Gasteiger partial charge in [0, 0.05) is 24.1 Å². The van der Waals surface area contributed by atoms with E-state index in [4.69, 9.17) is 18.9 Å². The van der Waals surface area contributed by atoms with Gasteiger partial charge in [-0.3, -0.25) is 4.57 Å². The summed E-state index contributed by atoms with van der Waals surface area (Å²) >= 11 is 0. The van der Waals surface area contributed by atoms with E-state index in [0.717, 1.165) is 16.7 Å². The topological polar surface area (TPSA) is 105 Å². The van der Waals surface area contributed by atoms with Crippen LogP contribution in [0.4, 0.5) is 9.59 Å². The number of nitrogens with zero attached hydrogens (tertiary/aromatic N) is 1. The number of aromatic nitrogens is 1. The molecule has 5 aromatic rings. The van der Waals surface area contributed by atoms with Crippen molar-refractivity contribution in [1.29, 1.82) is 0 Å². The average molecular weight is 635 g/mol. The Bertz CT molecular complexity index is 1800. The van der Waals surface area contributed by atoms with Gasteiger partial charge in [0.1, 0.15) is 37.2 Å². The van der Waals surface area contributed by atoms with Crippen LogP contribution in [0.2, 0.25) is 0 Å². The van der Waals surface area contributed by atoms with Crippen LogP contribution in [0.15, 0.2) is 115 Å². The first kappa shape index (κ1) is 32.8. The summed E-state index contributed by atoms with van der Waals surface area (Å²) in [7, 11) is 0. The van der Waals surface area contributed by atoms with Gasteiger partial charge in [0.25, 0.3) is 0 Å². The van der Waals surface area contributed by atoms with Gasteiger partial charge in [-0.15, -0.1) is 0 Å². The molecule has 0 aliphatic rings. The molecule has 0 saturated heterocycles. The third-order valence-corrected chi connectivity index (χ3v) is 7.13. The maximum atomic E-state index is 13.5. The average Bonchev–Trinajstić information content (AvgIpc) is 3.43. The lowest BCUT2D eigenvalue weighted by Gasteiger charge is -2.23. The van der Waals surface area contributed by atoms with Crippen LogP contribution in [0.1, 0.15) is 43.0 Å². The van der Waals surface area contributed by atoms with Crippen LogP contribution in [0, 0.1) is 0 Å². The summed E-state index contributed by atoms with van der Waals surface area (Å²) in [6.07, 6.45) is 0.273. The number of rotatable bonds is 11. The van der Waals surface area contributed by atoms with Crippen LogP contribution in [0.3, 0.4) is 0 Å². The molecule has 0 radical (unpaired) electrons. The van der Waals surface area contributed by atoms with Gasteiger partial charge < -0.3 is 24.3 Å². The summed E-state index contributed by atoms with van der Waals surface area (Å²) in [5, 5.41) is 3.35. The monoisotopic (exact) mass is 634 g/mol. The van der Waals surface area contributed by atoms with E-state index in [2.05, 4.69) is 5.32 Å². The zero-order valence-corrected chi connectivity index (χ0v) is 26.7. The Balaban J connectivity index is 1.43. The quantitative estimate of drug-likeness (QED) is 0.118. The summed E-state index contributed by atoms with van der Waals surface area (Å²) in [6, 6.07) is 32.7. The van der Waals surface area contributed by atoms with Crippen molar-refractivity contribution in [3.05, 3.63) is 138 Å². The number of hydrogen-bond donors (Lipinski definition) is 1. The molecule has 4 aromatic carbocycles. The van der Waals surface area contributed by atoms with Crippen molar-refractivity contribution in [2.75, 3.05) is 0 Å². The molecule has 1 amide bonds. The molecule has 9 nitrogen and oxygen atoms in total. The van der Waals surface area contributed by atoms with Crippen molar-refractivity contribution in [1.82, 2.24) is 9.88 Å². The summed E-state index contributed by atoms with van der Waals surface area (Å²) in [5.41, 5.74) is 3.00. The van der Waals surface area contributed by atoms with Gasteiger partial charge in [0.05, 0.1) is 5.52 Å². The summed E-state index contributed by atoms with van der Waals surface area (Å²) in [6.45, 7) is 5.66. The predicted molar refractivity (Wildman–Crippen MR) is 178 cm³/mol. The molecule has 5 rings (SSSR count). The maximum Gasteiger partial charge on any atom is 0.418 e. The fraction of sp³-hybridized carbons (Fsp3) is 0.237. The maximum absolute atomic E-state index is 13.5. The molecule has 0 bridgehead atoms. The smallest absolute Gasteiger partial charge is 0.418 e. The number of carbonyl (C=O) groups excluding carboxylic acids is 3. The van der Waals surface area contributed by atoms with E-state index < -0.39 is 29.8 Å². The predicted octanol–water partition coefficient (Wildman–Crippen LogP) is 7.58. The molecule has 0 spiro atoms. The number of benzene rings is 4. The molecule has 1 N–H and O–H groups in total. The number of nitrogens with one attached hydrogen (secondary N) is 1. The van der Waals surface area contributed by atoms with E-state index in [1.807, 2.05) is 97.1 Å². The molecule has 1 aromatic heterocycles. The Morgan fingerprint density at radius 3 is 1.85 bits per heavy atom. The summed E-state index contributed by atoms with van der Waals surface area (Å²) < 4.78 is 24.2. The van der Waals surface area contributed by atoms with Crippen LogP contribution in [0.25, 0.3) is 10.9 Å². The molecule has 0 aliphatic carbocycles. The third kappa shape index (κ3) is 9.46. The van der Waals surface area contributed by atoms with Gasteiger partial charge in [0.2, 0.25) is 0 Å². The molecule has 1 unspecified atom stereocenters. The van der Waals surface area contributed by atoms with E-state index >= 15 is 0 Å². The van der Waals surface area contributed by atoms with E-state index in [1.165, 1.54) is 4.57 Å². The molecule has 1 atom stereocenters. The lowest BCUT2D eigenvalue weighted by molar-refractivity contribution is -0.147. The number of carbonyl (C=O) groups is 3. The molecule has 9 heteroatoms. The van der Waals surface area contributed by atoms with Crippen LogP contribution >= 0.6 is 0 Å². The SMILES string of the molecule is CC(C)(C)OC(=O)NC(Cc1cn(C(=O)OCc2ccccc2)c2cc(OCc3ccccc3)ccc12)C(=O)OCc1ccccc1. The third-order valence-electron chi connectivity index (χ3n) is 7.13. The number of hydrogen-bond acceptors (Lipinski definition) is 7. The minimum absolute atomic E-state index is 0.0204. The van der Waals surface area contributed by atoms with Crippen molar-refractivity contribution in [3.63, 3.8) is 0 Å². The number of fused-ring (bicyclic) bond motifs is 1. The van der Waals surface area contributed by atoms with Gasteiger partial charge in [-0.1, -0.05) is 91.0 Å². The van der Waals surface area contributed by atoms with Gasteiger partial charge in [-0.25, -0.2) is 14.4 Å². The lowest BCUT2D eigenvalue weighted by atomic mass is 10.0. The standard InChI is InChI=1S/C38H38N2O7/c1-38(2,3)47-36(42)39-33(35(41)45-25-28-15-9-5-10-16-28)21-30-23-40(37(43)46-26-29-17-11-6-12-18-29)34-22-31(19-20-32(30)34)44-24-27-13-7-4-8-14-27/h4-20,22-23,33H,21,24-26H2,1-3H3,(H,39,42). The first-order valence-corrected chi connectivity index (χ1v) is 15.4. The minimum atomic E-state index is -1.11. The number of alkyl carbamates (subject to hydrolysis) is 1. The van der Waals surface area contributed by atoms with E-state index in [-0.39, 0.29) is 19.6 Å². The van der Waals surface area contributed by atoms with Crippen LogP contribution in [0.5, 0.6) is 5.75 Å². The Hall–Kier alpha value is -5.57. The molecule has 0 fully saturated rings. The van der Waals surface area contributed by atoms with Crippen molar-refractivity contribution in [3.8, 4) is 5.75 Å². The Morgan fingerprint density at radius 2 is 1.28 bits per heavy atom. The second-order valence-electron chi connectivity index (χ2n) is 12.0. The normalized spacial score (nSPS) is 11.8. The molecule has 0 aliphatic heterocycles. The number of amides is 1. The minimum Gasteiger partial charge on any atom is -0.489 e. The summed E-state index contributed by atoms with van der Waals surface area (Å²) in [5.74, 6) is -0.0936. The second kappa shape index (κ2) is 15.1. The first-order chi connectivity index (χ1) is 22.6. The van der Waals surface area contributed by atoms with Crippen LogP contribution < -0.4 is 10.1 Å². The zero-order valence-electron chi connectivity index (χ0n) is 26.7. The van der Waals surface area contributed by atoms with E-state index in [9.17, 15) is 14.4 Å². The Labute approximate surface area is 274 Å². The number of ether oxygens (including phenoxy) is 4. The van der Waals surface area contributed by atoms with Crippen molar-refractivity contribution in [2.24, 2.45) is 0 Å². The number of esters is 1. The molecule has 47 heavy (non-hydrogen) atoms. The van der Waals surface area contributed by atoms with E-state index in [1.54, 1.807) is 39.1 Å². The molecular formula is C38H38N2O7. The second-order valence-corrected chi connectivity index (χ2v) is 12.0. The summed E-state index contributed by atoms with van der Waals surface area (Å²) in [4.78, 5) is 39.7. The highest BCUT2D eigenvalue weighted by molar-refractivity contribution is 5.93. The van der Waals surface area contributed by atoms with Crippen molar-refractivity contribution in [2.45, 2.75) is 58.7 Å². The van der Waals surface area contributed by atoms with Crippen molar-refractivity contribution < 1.29 is 33.3 Å². The Kier molecular flexibility index (Phi) is 10.6. The fourth-order valence-corrected chi connectivity index (χ4v) is 4.90. The highest BCUT2D eigenvalue weighted by atomic mass is 16.6. The first-order valence-electron chi connectivity index (χ1n) is 15.4. The Morgan fingerprint density at radius 1 is 0.723 bits per heavy atom. The van der Waals surface area contributed by atoms with Gasteiger partial charge in [0.15, 0.2) is 0 Å². The van der Waals surface area contributed by atoms with Crippen LogP contribution in [-0.4, -0.2) is 34.4 Å². The van der Waals surface area contributed by atoms with Gasteiger partial charge >= 0.3 is 18.2 Å². The highest BCUT2D eigenvalue weighted by Crippen LogP contribution is 2.28. The highest BCUT2D eigenvalue weighted by Gasteiger charge is 2.28. The van der Waals surface area contributed by atoms with E-state index in [0.29, 0.717) is 28.8 Å². The van der Waals surface area contributed by atoms with Crippen LogP contribution in [-0.2, 0) is 45.2 Å². The fourth-order valence-electron chi connectivity index (χ4n) is 4.90. The largest absolute Gasteiger partial charge is 0.489 e. The van der Waals surface area contributed by atoms with Gasteiger partial charge in [-0.05, 0) is 55.2 Å². The molecule has 0 saturated carbocycles. The zero-order chi connectivity index (χ0) is 33.2. The van der Waals surface area contributed by atoms with Crippen molar-refractivity contribution >= 4 is 29.1 Å². The molecular weight excluding hydrogens is 596 g/mol. The molecule has 242 valence electrons. The lowest BCUT2D eigenvalue weighted by Crippen LogP contribution is -2.45.